The van der Waals surface area contributed by atoms with Crippen molar-refractivity contribution < 1.29 is 0 Å². The van der Waals surface area contributed by atoms with Crippen molar-refractivity contribution >= 4 is 65.3 Å². The Morgan fingerprint density at radius 3 is 1.95 bits per heavy atom. The quantitative estimate of drug-likeness (QED) is 0.177. The van der Waals surface area contributed by atoms with E-state index in [-0.39, 0.29) is 12.3 Å². The molecule has 0 bridgehead atoms. The standard InChI is InChI=1S/C53H38N3/c1-2-15-35(16-3-1)51-54-52(56-53(55-51)41-29-28-34-14-4-5-17-36(34)31-41)40-21-13-19-38(32-40)37-18-12-20-39(30-37)48-33-49-44-24-7-6-22-42(44)43-23-8-10-26-46(43)50(49)47-27-11-9-25-45(47)48/h1-12,14-18,20-33,51,53,55H,13,19H2/q-1. The van der Waals surface area contributed by atoms with Crippen LogP contribution in [0.5, 0.6) is 0 Å². The number of rotatable bonds is 5. The number of nitrogens with zero attached hydrogens (tertiary/aromatic N) is 2. The molecule has 9 aromatic rings. The van der Waals surface area contributed by atoms with Gasteiger partial charge in [-0.3, -0.25) is 0 Å². The molecule has 1 N–H and O–H groups in total. The van der Waals surface area contributed by atoms with Crippen molar-refractivity contribution in [3.05, 3.63) is 216 Å². The number of hydrogen-bond acceptors (Lipinski definition) is 2. The summed E-state index contributed by atoms with van der Waals surface area (Å²) >= 11 is 0. The first-order valence-electron chi connectivity index (χ1n) is 19.6. The van der Waals surface area contributed by atoms with E-state index in [2.05, 4.69) is 193 Å². The molecule has 266 valence electrons. The molecule has 2 atom stereocenters. The molecular weight excluding hydrogens is 679 g/mol. The molecule has 1 heterocycles. The van der Waals surface area contributed by atoms with E-state index < -0.39 is 0 Å². The summed E-state index contributed by atoms with van der Waals surface area (Å²) in [4.78, 5) is 5.24. The minimum atomic E-state index is -0.227. The van der Waals surface area contributed by atoms with Crippen LogP contribution in [-0.2, 0) is 0 Å². The van der Waals surface area contributed by atoms with Gasteiger partial charge in [0.2, 0.25) is 0 Å². The number of allylic oxidation sites excluding steroid dienone is 2. The van der Waals surface area contributed by atoms with Crippen molar-refractivity contribution in [2.45, 2.75) is 25.2 Å². The van der Waals surface area contributed by atoms with Crippen molar-refractivity contribution in [2.75, 3.05) is 0 Å². The largest absolute Gasteiger partial charge is 0.445 e. The van der Waals surface area contributed by atoms with Gasteiger partial charge >= 0.3 is 0 Å². The Kier molecular flexibility index (Phi) is 7.85. The summed E-state index contributed by atoms with van der Waals surface area (Å²) in [6, 6.07) is 63.9. The highest BCUT2D eigenvalue weighted by Crippen LogP contribution is 2.43. The molecule has 1 aliphatic heterocycles. The Morgan fingerprint density at radius 1 is 0.500 bits per heavy atom. The molecule has 3 nitrogen and oxygen atoms in total. The maximum atomic E-state index is 5.29. The van der Waals surface area contributed by atoms with E-state index in [4.69, 9.17) is 10.3 Å². The van der Waals surface area contributed by atoms with Crippen LogP contribution in [0.1, 0.15) is 41.9 Å². The summed E-state index contributed by atoms with van der Waals surface area (Å²) in [5.41, 5.74) is 8.36. The summed E-state index contributed by atoms with van der Waals surface area (Å²) in [5.74, 6) is 0.795. The van der Waals surface area contributed by atoms with Gasteiger partial charge in [0.15, 0.2) is 0 Å². The van der Waals surface area contributed by atoms with Crippen LogP contribution in [0.4, 0.5) is 0 Å². The Labute approximate surface area is 326 Å². The van der Waals surface area contributed by atoms with E-state index >= 15 is 0 Å². The number of nitrogens with one attached hydrogen (secondary N) is 1. The topological polar surface area (TPSA) is 38.5 Å². The molecule has 3 heteroatoms. The average molecular weight is 717 g/mol. The van der Waals surface area contributed by atoms with E-state index in [0.29, 0.717) is 0 Å². The Bertz CT molecular complexity index is 3100. The lowest BCUT2D eigenvalue weighted by molar-refractivity contribution is 0.488. The zero-order chi connectivity index (χ0) is 37.0. The smallest absolute Gasteiger partial charge is 0.0378 e. The number of hydrogen-bond donors (Lipinski definition) is 1. The molecule has 56 heavy (non-hydrogen) atoms. The minimum absolute atomic E-state index is 0.211. The maximum absolute atomic E-state index is 5.29. The molecule has 2 aliphatic rings. The maximum Gasteiger partial charge on any atom is 0.0378 e. The average Bonchev–Trinajstić information content (AvgIpc) is 3.28. The molecule has 11 rings (SSSR count). The molecule has 0 spiro atoms. The number of amidine groups is 1. The van der Waals surface area contributed by atoms with Crippen molar-refractivity contribution in [1.82, 2.24) is 5.32 Å². The van der Waals surface area contributed by atoms with E-state index in [9.17, 15) is 0 Å². The van der Waals surface area contributed by atoms with Gasteiger partial charge in [-0.25, -0.2) is 0 Å². The first kappa shape index (κ1) is 32.6. The fourth-order valence-corrected chi connectivity index (χ4v) is 8.98. The third kappa shape index (κ3) is 5.59. The van der Waals surface area contributed by atoms with Gasteiger partial charge < -0.3 is 15.6 Å². The third-order valence-electron chi connectivity index (χ3n) is 11.7. The first-order chi connectivity index (χ1) is 27.7. The summed E-state index contributed by atoms with van der Waals surface area (Å²) in [6.45, 7) is 0. The first-order valence-corrected chi connectivity index (χ1v) is 19.6. The van der Waals surface area contributed by atoms with Crippen LogP contribution in [0.3, 0.4) is 0 Å². The molecule has 0 saturated carbocycles. The van der Waals surface area contributed by atoms with Crippen molar-refractivity contribution in [1.29, 1.82) is 0 Å². The third-order valence-corrected chi connectivity index (χ3v) is 11.7. The van der Waals surface area contributed by atoms with Gasteiger partial charge in [-0.1, -0.05) is 176 Å². The summed E-state index contributed by atoms with van der Waals surface area (Å²) in [7, 11) is 0. The van der Waals surface area contributed by atoms with Crippen LogP contribution < -0.4 is 5.32 Å². The number of aliphatic imine (C=N–C) groups is 1. The number of benzene rings is 9. The van der Waals surface area contributed by atoms with Gasteiger partial charge in [-0.05, 0) is 124 Å². The molecule has 0 radical (unpaired) electrons. The van der Waals surface area contributed by atoms with Crippen molar-refractivity contribution in [2.24, 2.45) is 4.99 Å². The lowest BCUT2D eigenvalue weighted by Crippen LogP contribution is -2.32. The second-order valence-corrected chi connectivity index (χ2v) is 15.0. The molecule has 0 amide bonds. The van der Waals surface area contributed by atoms with E-state index in [1.807, 2.05) is 0 Å². The predicted octanol–water partition coefficient (Wildman–Crippen LogP) is 14.0. The summed E-state index contributed by atoms with van der Waals surface area (Å²) in [5, 5.41) is 21.8. The summed E-state index contributed by atoms with van der Waals surface area (Å²) in [6.07, 6.45) is 6.10. The molecule has 0 fully saturated rings. The molecule has 0 saturated heterocycles. The van der Waals surface area contributed by atoms with Gasteiger partial charge in [-0.2, -0.15) is 0 Å². The fraction of sp³-hybridized carbons (Fsp3) is 0.0755. The highest BCUT2D eigenvalue weighted by atomic mass is 15.3. The second-order valence-electron chi connectivity index (χ2n) is 15.0. The monoisotopic (exact) mass is 716 g/mol. The minimum Gasteiger partial charge on any atom is -0.445 e. The Hall–Kier alpha value is -6.81. The van der Waals surface area contributed by atoms with Gasteiger partial charge in [0, 0.05) is 12.3 Å². The van der Waals surface area contributed by atoms with E-state index in [0.717, 1.165) is 35.4 Å². The lowest BCUT2D eigenvalue weighted by atomic mass is 9.86. The van der Waals surface area contributed by atoms with Crippen LogP contribution in [-0.4, -0.2) is 5.84 Å². The number of fused-ring (bicyclic) bond motifs is 9. The van der Waals surface area contributed by atoms with Crippen LogP contribution in [0.2, 0.25) is 0 Å². The Morgan fingerprint density at radius 2 is 1.14 bits per heavy atom. The molecule has 2 unspecified atom stereocenters. The fourth-order valence-electron chi connectivity index (χ4n) is 8.98. The molecular formula is C53H38N3-. The van der Waals surface area contributed by atoms with Crippen LogP contribution in [0, 0.1) is 0 Å². The van der Waals surface area contributed by atoms with Crippen LogP contribution in [0.15, 0.2) is 199 Å². The van der Waals surface area contributed by atoms with Crippen LogP contribution >= 0.6 is 0 Å². The Balaban J connectivity index is 1.00. The van der Waals surface area contributed by atoms with Gasteiger partial charge in [0.25, 0.3) is 0 Å². The van der Waals surface area contributed by atoms with Gasteiger partial charge in [-0.15, -0.1) is 0 Å². The van der Waals surface area contributed by atoms with Gasteiger partial charge in [0.05, 0.1) is 0 Å². The zero-order valence-corrected chi connectivity index (χ0v) is 30.9. The highest BCUT2D eigenvalue weighted by Gasteiger charge is 2.21. The molecule has 0 aromatic heterocycles. The molecule has 9 aromatic carbocycles. The zero-order valence-electron chi connectivity index (χ0n) is 30.9. The van der Waals surface area contributed by atoms with Crippen molar-refractivity contribution in [3.8, 4) is 11.1 Å². The predicted molar refractivity (Wildman–Crippen MR) is 237 cm³/mol. The highest BCUT2D eigenvalue weighted by molar-refractivity contribution is 6.33. The van der Waals surface area contributed by atoms with Crippen LogP contribution in [0.25, 0.3) is 75.9 Å². The molecule has 1 aliphatic carbocycles. The van der Waals surface area contributed by atoms with E-state index in [1.54, 1.807) is 0 Å². The van der Waals surface area contributed by atoms with Gasteiger partial charge in [0.1, 0.15) is 0 Å². The summed E-state index contributed by atoms with van der Waals surface area (Å²) < 4.78 is 0. The van der Waals surface area contributed by atoms with Crippen molar-refractivity contribution in [3.63, 3.8) is 0 Å². The van der Waals surface area contributed by atoms with E-state index in [1.165, 1.54) is 76.1 Å². The second kappa shape index (κ2) is 13.5. The normalized spacial score (nSPS) is 17.2. The lowest BCUT2D eigenvalue weighted by Gasteiger charge is -2.41. The SMILES string of the molecule is C1=C(C2=NC(c3ccccc3)NC(c3ccc4ccccc4c3)[N-]2)C=C(c2cccc(-c3cc4c5ccccc5c5ccccc5c4c4ccccc34)c2)CC1.